The zero-order chi connectivity index (χ0) is 14.0. The van der Waals surface area contributed by atoms with Gasteiger partial charge in [-0.1, -0.05) is 17.7 Å². The number of halogens is 4. The molecule has 0 atom stereocenters. The van der Waals surface area contributed by atoms with Gasteiger partial charge in [-0.05, 0) is 74.2 Å². The van der Waals surface area contributed by atoms with Crippen molar-refractivity contribution in [3.05, 3.63) is 61.2 Å². The van der Waals surface area contributed by atoms with Crippen LogP contribution in [0.25, 0.3) is 0 Å². The first-order valence-corrected chi connectivity index (χ1v) is 7.57. The van der Waals surface area contributed by atoms with E-state index in [2.05, 4.69) is 37.2 Å². The third-order valence-electron chi connectivity index (χ3n) is 2.73. The fourth-order valence-electron chi connectivity index (χ4n) is 1.68. The molecule has 0 spiro atoms. The van der Waals surface area contributed by atoms with E-state index in [1.165, 1.54) is 6.07 Å². The van der Waals surface area contributed by atoms with Crippen LogP contribution in [0.15, 0.2) is 39.3 Å². The highest BCUT2D eigenvalue weighted by atomic mass is 79.9. The Morgan fingerprint density at radius 2 is 1.89 bits per heavy atom. The number of rotatable bonds is 3. The number of nitrogens with one attached hydrogen (secondary N) is 1. The van der Waals surface area contributed by atoms with Gasteiger partial charge in [0.15, 0.2) is 0 Å². The van der Waals surface area contributed by atoms with E-state index < -0.39 is 0 Å². The average molecular weight is 408 g/mol. The lowest BCUT2D eigenvalue weighted by molar-refractivity contribution is 0.620. The Kier molecular flexibility index (Phi) is 4.87. The smallest absolute Gasteiger partial charge is 0.137 e. The lowest BCUT2D eigenvalue weighted by Crippen LogP contribution is -2.01. The van der Waals surface area contributed by atoms with Gasteiger partial charge in [0, 0.05) is 16.7 Å². The van der Waals surface area contributed by atoms with Gasteiger partial charge < -0.3 is 5.32 Å². The summed E-state index contributed by atoms with van der Waals surface area (Å²) in [6.07, 6.45) is 0. The van der Waals surface area contributed by atoms with E-state index >= 15 is 0 Å². The van der Waals surface area contributed by atoms with Gasteiger partial charge in [-0.2, -0.15) is 0 Å². The summed E-state index contributed by atoms with van der Waals surface area (Å²) in [5, 5.41) is 3.95. The van der Waals surface area contributed by atoms with E-state index in [4.69, 9.17) is 11.6 Å². The lowest BCUT2D eigenvalue weighted by Gasteiger charge is -2.11. The van der Waals surface area contributed by atoms with Crippen molar-refractivity contribution in [1.82, 2.24) is 0 Å². The Morgan fingerprint density at radius 3 is 2.58 bits per heavy atom. The molecular formula is C14H11Br2ClFN. The Hall–Kier alpha value is -0.580. The Morgan fingerprint density at radius 1 is 1.16 bits per heavy atom. The van der Waals surface area contributed by atoms with Gasteiger partial charge in [0.2, 0.25) is 0 Å². The fraction of sp³-hybridized carbons (Fsp3) is 0.143. The number of hydrogen-bond donors (Lipinski definition) is 1. The van der Waals surface area contributed by atoms with Crippen molar-refractivity contribution in [3.63, 3.8) is 0 Å². The molecule has 0 saturated carbocycles. The van der Waals surface area contributed by atoms with E-state index in [0.717, 1.165) is 21.3 Å². The highest BCUT2D eigenvalue weighted by Crippen LogP contribution is 2.26. The van der Waals surface area contributed by atoms with Crippen molar-refractivity contribution in [1.29, 1.82) is 0 Å². The van der Waals surface area contributed by atoms with Gasteiger partial charge in [-0.25, -0.2) is 4.39 Å². The maximum Gasteiger partial charge on any atom is 0.137 e. The molecule has 19 heavy (non-hydrogen) atoms. The predicted octanol–water partition coefficient (Wildman–Crippen LogP) is 5.92. The number of hydrogen-bond acceptors (Lipinski definition) is 1. The van der Waals surface area contributed by atoms with Crippen molar-refractivity contribution in [2.24, 2.45) is 0 Å². The van der Waals surface area contributed by atoms with Crippen LogP contribution in [0, 0.1) is 12.7 Å². The van der Waals surface area contributed by atoms with Crippen LogP contribution in [0.5, 0.6) is 0 Å². The van der Waals surface area contributed by atoms with E-state index in [9.17, 15) is 4.39 Å². The Bertz CT molecular complexity index is 617. The zero-order valence-corrected chi connectivity index (χ0v) is 14.0. The first-order valence-electron chi connectivity index (χ1n) is 5.61. The van der Waals surface area contributed by atoms with E-state index in [1.807, 2.05) is 25.1 Å². The van der Waals surface area contributed by atoms with Crippen molar-refractivity contribution in [3.8, 4) is 0 Å². The van der Waals surface area contributed by atoms with Crippen LogP contribution >= 0.6 is 43.5 Å². The van der Waals surface area contributed by atoms with Crippen molar-refractivity contribution in [2.75, 3.05) is 5.32 Å². The van der Waals surface area contributed by atoms with E-state index in [-0.39, 0.29) is 5.82 Å². The summed E-state index contributed by atoms with van der Waals surface area (Å²) >= 11 is 12.6. The molecule has 0 heterocycles. The highest BCUT2D eigenvalue weighted by molar-refractivity contribution is 9.10. The van der Waals surface area contributed by atoms with Crippen molar-refractivity contribution < 1.29 is 4.39 Å². The Labute approximate surface area is 133 Å². The summed E-state index contributed by atoms with van der Waals surface area (Å²) in [5.74, 6) is -0.255. The summed E-state index contributed by atoms with van der Waals surface area (Å²) in [7, 11) is 0. The molecule has 2 aromatic rings. The van der Waals surface area contributed by atoms with Gasteiger partial charge in [0.25, 0.3) is 0 Å². The molecule has 0 aliphatic rings. The van der Waals surface area contributed by atoms with Crippen LogP contribution in [0.4, 0.5) is 10.1 Å². The quantitative estimate of drug-likeness (QED) is 0.665. The molecule has 0 amide bonds. The zero-order valence-electron chi connectivity index (χ0n) is 10.1. The molecule has 0 unspecified atom stereocenters. The minimum atomic E-state index is -0.255. The van der Waals surface area contributed by atoms with Gasteiger partial charge in [-0.3, -0.25) is 0 Å². The van der Waals surface area contributed by atoms with E-state index in [0.29, 0.717) is 16.0 Å². The SMILES string of the molecule is Cc1cc(F)c(Br)cc1NCc1ccc(Br)c(Cl)c1. The summed E-state index contributed by atoms with van der Waals surface area (Å²) in [4.78, 5) is 0. The third-order valence-corrected chi connectivity index (χ3v) is 4.57. The monoisotopic (exact) mass is 405 g/mol. The van der Waals surface area contributed by atoms with Crippen LogP contribution in [0.1, 0.15) is 11.1 Å². The molecule has 0 aliphatic heterocycles. The van der Waals surface area contributed by atoms with Crippen LogP contribution in [0.2, 0.25) is 5.02 Å². The molecule has 100 valence electrons. The highest BCUT2D eigenvalue weighted by Gasteiger charge is 2.05. The fourth-order valence-corrected chi connectivity index (χ4v) is 2.48. The molecule has 1 N–H and O–H groups in total. The van der Waals surface area contributed by atoms with Crippen LogP contribution in [-0.2, 0) is 6.54 Å². The molecule has 0 radical (unpaired) electrons. The molecule has 0 bridgehead atoms. The lowest BCUT2D eigenvalue weighted by atomic mass is 10.1. The summed E-state index contributed by atoms with van der Waals surface area (Å²) in [5.41, 5.74) is 2.82. The van der Waals surface area contributed by atoms with Crippen molar-refractivity contribution in [2.45, 2.75) is 13.5 Å². The first kappa shape index (κ1) is 14.8. The minimum absolute atomic E-state index is 0.255. The van der Waals surface area contributed by atoms with Crippen LogP contribution < -0.4 is 5.32 Å². The van der Waals surface area contributed by atoms with Crippen LogP contribution in [-0.4, -0.2) is 0 Å². The normalized spacial score (nSPS) is 10.6. The van der Waals surface area contributed by atoms with Crippen molar-refractivity contribution >= 4 is 49.1 Å². The molecule has 0 aromatic heterocycles. The summed E-state index contributed by atoms with van der Waals surface area (Å²) in [6, 6.07) is 9.03. The van der Waals surface area contributed by atoms with Gasteiger partial charge >= 0.3 is 0 Å². The molecule has 0 saturated heterocycles. The number of anilines is 1. The predicted molar refractivity (Wildman–Crippen MR) is 85.3 cm³/mol. The molecule has 0 fully saturated rings. The average Bonchev–Trinajstić information content (AvgIpc) is 2.36. The molecule has 2 aromatic carbocycles. The second-order valence-corrected chi connectivity index (χ2v) is 6.30. The Balaban J connectivity index is 2.14. The maximum atomic E-state index is 13.3. The minimum Gasteiger partial charge on any atom is -0.381 e. The molecule has 0 aliphatic carbocycles. The van der Waals surface area contributed by atoms with Crippen LogP contribution in [0.3, 0.4) is 0 Å². The van der Waals surface area contributed by atoms with Gasteiger partial charge in [0.05, 0.1) is 9.50 Å². The number of benzene rings is 2. The second kappa shape index (κ2) is 6.25. The standard InChI is InChI=1S/C14H11Br2ClFN/c1-8-4-13(18)11(16)6-14(8)19-7-9-2-3-10(15)12(17)5-9/h2-6,19H,7H2,1H3. The number of aryl methyl sites for hydroxylation is 1. The molecule has 2 rings (SSSR count). The summed E-state index contributed by atoms with van der Waals surface area (Å²) in [6.45, 7) is 2.50. The first-order chi connectivity index (χ1) is 8.97. The van der Waals surface area contributed by atoms with E-state index in [1.54, 1.807) is 6.07 Å². The molecular weight excluding hydrogens is 396 g/mol. The third kappa shape index (κ3) is 3.71. The molecule has 5 heteroatoms. The summed E-state index contributed by atoms with van der Waals surface area (Å²) < 4.78 is 14.6. The van der Waals surface area contributed by atoms with Gasteiger partial charge in [-0.15, -0.1) is 0 Å². The largest absolute Gasteiger partial charge is 0.381 e. The van der Waals surface area contributed by atoms with Gasteiger partial charge in [0.1, 0.15) is 5.82 Å². The second-order valence-electron chi connectivity index (χ2n) is 4.18. The maximum absolute atomic E-state index is 13.3. The topological polar surface area (TPSA) is 12.0 Å². The molecule has 1 nitrogen and oxygen atoms in total.